The van der Waals surface area contributed by atoms with Gasteiger partial charge in [-0.2, -0.15) is 10.4 Å². The van der Waals surface area contributed by atoms with Crippen LogP contribution in [0.25, 0.3) is 0 Å². The average Bonchev–Trinajstić information content (AvgIpc) is 2.62. The van der Waals surface area contributed by atoms with Gasteiger partial charge in [0, 0.05) is 18.4 Å². The molecule has 1 heterocycles. The van der Waals surface area contributed by atoms with E-state index in [4.69, 9.17) is 14.2 Å². The molecule has 0 saturated heterocycles. The summed E-state index contributed by atoms with van der Waals surface area (Å²) in [5.74, 6) is 1.75. The SMILES string of the molecule is CCOc1cc(/C=N\Nc2nc(C)cc(COC)c2C#N)cc(I)c1OC. The summed E-state index contributed by atoms with van der Waals surface area (Å²) in [5.41, 5.74) is 5.65. The quantitative estimate of drug-likeness (QED) is 0.351. The van der Waals surface area contributed by atoms with E-state index in [0.29, 0.717) is 36.1 Å². The molecule has 0 aliphatic heterocycles. The maximum atomic E-state index is 9.45. The summed E-state index contributed by atoms with van der Waals surface area (Å²) in [5, 5.41) is 13.7. The van der Waals surface area contributed by atoms with Gasteiger partial charge in [-0.25, -0.2) is 4.98 Å². The van der Waals surface area contributed by atoms with Gasteiger partial charge < -0.3 is 14.2 Å². The molecule has 0 radical (unpaired) electrons. The van der Waals surface area contributed by atoms with Crippen molar-refractivity contribution in [2.75, 3.05) is 26.3 Å². The summed E-state index contributed by atoms with van der Waals surface area (Å²) in [7, 11) is 3.20. The van der Waals surface area contributed by atoms with Crippen molar-refractivity contribution in [3.05, 3.63) is 44.2 Å². The number of aryl methyl sites for hydroxylation is 1. The number of pyridine rings is 1. The Bertz CT molecular complexity index is 878. The molecular formula is C19H21IN4O3. The summed E-state index contributed by atoms with van der Waals surface area (Å²) in [6.07, 6.45) is 1.64. The number of hydrogen-bond acceptors (Lipinski definition) is 7. The zero-order chi connectivity index (χ0) is 19.8. The van der Waals surface area contributed by atoms with E-state index in [1.165, 1.54) is 0 Å². The molecule has 0 aliphatic rings. The lowest BCUT2D eigenvalue weighted by molar-refractivity contribution is 0.184. The second kappa shape index (κ2) is 10.1. The molecule has 1 aromatic carbocycles. The minimum atomic E-state index is 0.332. The highest BCUT2D eigenvalue weighted by Crippen LogP contribution is 2.33. The minimum absolute atomic E-state index is 0.332. The van der Waals surface area contributed by atoms with Crippen LogP contribution >= 0.6 is 22.6 Å². The van der Waals surface area contributed by atoms with Crippen molar-refractivity contribution in [2.24, 2.45) is 5.10 Å². The number of hydrogen-bond donors (Lipinski definition) is 1. The van der Waals surface area contributed by atoms with E-state index in [2.05, 4.69) is 44.2 Å². The Morgan fingerprint density at radius 2 is 2.11 bits per heavy atom. The van der Waals surface area contributed by atoms with Gasteiger partial charge in [0.15, 0.2) is 17.3 Å². The summed E-state index contributed by atoms with van der Waals surface area (Å²) < 4.78 is 17.1. The van der Waals surface area contributed by atoms with Gasteiger partial charge in [0.05, 0.1) is 30.1 Å². The Balaban J connectivity index is 2.29. The lowest BCUT2D eigenvalue weighted by atomic mass is 10.1. The van der Waals surface area contributed by atoms with Crippen molar-refractivity contribution in [1.29, 1.82) is 5.26 Å². The maximum absolute atomic E-state index is 9.45. The van der Waals surface area contributed by atoms with Gasteiger partial charge in [0.1, 0.15) is 11.6 Å². The van der Waals surface area contributed by atoms with Crippen LogP contribution in [0.2, 0.25) is 0 Å². The average molecular weight is 480 g/mol. The third-order valence-corrected chi connectivity index (χ3v) is 4.36. The fraction of sp³-hybridized carbons (Fsp3) is 0.316. The van der Waals surface area contributed by atoms with E-state index in [1.54, 1.807) is 20.4 Å². The predicted molar refractivity (Wildman–Crippen MR) is 112 cm³/mol. The highest BCUT2D eigenvalue weighted by atomic mass is 127. The number of nitriles is 1. The number of rotatable bonds is 8. The maximum Gasteiger partial charge on any atom is 0.174 e. The van der Waals surface area contributed by atoms with Crippen molar-refractivity contribution in [3.8, 4) is 17.6 Å². The molecule has 0 atom stereocenters. The van der Waals surface area contributed by atoms with E-state index >= 15 is 0 Å². The van der Waals surface area contributed by atoms with Crippen LogP contribution in [-0.4, -0.2) is 32.0 Å². The molecule has 0 saturated carbocycles. The smallest absolute Gasteiger partial charge is 0.174 e. The molecule has 0 bridgehead atoms. The molecule has 0 fully saturated rings. The zero-order valence-electron chi connectivity index (χ0n) is 15.7. The minimum Gasteiger partial charge on any atom is -0.492 e. The molecule has 7 nitrogen and oxygen atoms in total. The first kappa shape index (κ1) is 20.9. The van der Waals surface area contributed by atoms with Crippen LogP contribution in [0.3, 0.4) is 0 Å². The first-order valence-electron chi connectivity index (χ1n) is 8.23. The number of benzene rings is 1. The topological polar surface area (TPSA) is 88.8 Å². The highest BCUT2D eigenvalue weighted by Gasteiger charge is 2.12. The van der Waals surface area contributed by atoms with Crippen LogP contribution in [-0.2, 0) is 11.3 Å². The summed E-state index contributed by atoms with van der Waals surface area (Å²) in [6, 6.07) is 7.77. The fourth-order valence-electron chi connectivity index (χ4n) is 2.51. The van der Waals surface area contributed by atoms with Gasteiger partial charge >= 0.3 is 0 Å². The Labute approximate surface area is 172 Å². The van der Waals surface area contributed by atoms with Crippen molar-refractivity contribution < 1.29 is 14.2 Å². The molecule has 0 amide bonds. The molecule has 0 spiro atoms. The van der Waals surface area contributed by atoms with Crippen LogP contribution in [0.4, 0.5) is 5.82 Å². The Kier molecular flexibility index (Phi) is 7.82. The third kappa shape index (κ3) is 5.30. The van der Waals surface area contributed by atoms with Gasteiger partial charge in [-0.3, -0.25) is 5.43 Å². The largest absolute Gasteiger partial charge is 0.492 e. The molecular weight excluding hydrogens is 459 g/mol. The number of methoxy groups -OCH3 is 2. The van der Waals surface area contributed by atoms with E-state index in [0.717, 1.165) is 20.4 Å². The Morgan fingerprint density at radius 1 is 1.33 bits per heavy atom. The lowest BCUT2D eigenvalue weighted by Gasteiger charge is -2.12. The fourth-order valence-corrected chi connectivity index (χ4v) is 3.35. The van der Waals surface area contributed by atoms with Crippen LogP contribution in [0, 0.1) is 21.8 Å². The molecule has 1 aromatic heterocycles. The van der Waals surface area contributed by atoms with Gasteiger partial charge in [0.2, 0.25) is 0 Å². The monoisotopic (exact) mass is 480 g/mol. The molecule has 0 unspecified atom stereocenters. The molecule has 27 heavy (non-hydrogen) atoms. The van der Waals surface area contributed by atoms with Gasteiger partial charge in [-0.15, -0.1) is 0 Å². The van der Waals surface area contributed by atoms with E-state index in [-0.39, 0.29) is 0 Å². The van der Waals surface area contributed by atoms with Crippen molar-refractivity contribution in [3.63, 3.8) is 0 Å². The number of anilines is 1. The lowest BCUT2D eigenvalue weighted by Crippen LogP contribution is -2.04. The van der Waals surface area contributed by atoms with Crippen LogP contribution in [0.15, 0.2) is 23.3 Å². The van der Waals surface area contributed by atoms with Crippen LogP contribution in [0.5, 0.6) is 11.5 Å². The van der Waals surface area contributed by atoms with Crippen LogP contribution in [0.1, 0.15) is 29.3 Å². The van der Waals surface area contributed by atoms with E-state index < -0.39 is 0 Å². The van der Waals surface area contributed by atoms with Gasteiger partial charge in [-0.05, 0) is 60.2 Å². The summed E-state index contributed by atoms with van der Waals surface area (Å²) in [6.45, 7) is 4.64. The van der Waals surface area contributed by atoms with Crippen molar-refractivity contribution >= 4 is 34.6 Å². The van der Waals surface area contributed by atoms with Crippen molar-refractivity contribution in [2.45, 2.75) is 20.5 Å². The van der Waals surface area contributed by atoms with Gasteiger partial charge in [0.25, 0.3) is 0 Å². The first-order valence-corrected chi connectivity index (χ1v) is 9.30. The number of nitrogens with zero attached hydrogens (tertiary/aromatic N) is 3. The van der Waals surface area contributed by atoms with E-state index in [9.17, 15) is 5.26 Å². The molecule has 2 aromatic rings. The number of hydrazone groups is 1. The van der Waals surface area contributed by atoms with Crippen molar-refractivity contribution in [1.82, 2.24) is 4.98 Å². The zero-order valence-corrected chi connectivity index (χ0v) is 17.8. The standard InChI is InChI=1S/C19H21IN4O3/c1-5-27-17-8-13(7-16(20)18(17)26-4)10-22-24-19-15(9-21)14(11-25-3)6-12(2)23-19/h6-8,10H,5,11H2,1-4H3,(H,23,24)/b22-10-. The second-order valence-corrected chi connectivity index (χ2v) is 6.69. The predicted octanol–water partition coefficient (Wildman–Crippen LogP) is 3.87. The van der Waals surface area contributed by atoms with E-state index in [1.807, 2.05) is 32.0 Å². The number of halogens is 1. The number of nitrogens with one attached hydrogen (secondary N) is 1. The molecule has 0 aliphatic carbocycles. The second-order valence-electron chi connectivity index (χ2n) is 5.53. The number of ether oxygens (including phenoxy) is 3. The van der Waals surface area contributed by atoms with Crippen LogP contribution < -0.4 is 14.9 Å². The Morgan fingerprint density at radius 3 is 2.74 bits per heavy atom. The summed E-state index contributed by atoms with van der Waals surface area (Å²) >= 11 is 2.19. The first-order chi connectivity index (χ1) is 13.0. The normalized spacial score (nSPS) is 10.7. The molecule has 1 N–H and O–H groups in total. The Hall–Kier alpha value is -2.38. The molecule has 142 valence electrons. The molecule has 8 heteroatoms. The number of aromatic nitrogens is 1. The summed E-state index contributed by atoms with van der Waals surface area (Å²) in [4.78, 5) is 4.36. The highest BCUT2D eigenvalue weighted by molar-refractivity contribution is 14.1. The third-order valence-electron chi connectivity index (χ3n) is 3.56. The molecule has 2 rings (SSSR count). The van der Waals surface area contributed by atoms with Gasteiger partial charge in [-0.1, -0.05) is 0 Å².